The SMILES string of the molecule is O=C(c1cc2ccccc2cc1NC(=O)C(F)(F)F)N1CCN(c2cc(N3CCCC3)nc(N3CCCC3)n2)CC1. The van der Waals surface area contributed by atoms with Crippen LogP contribution in [0.2, 0.25) is 0 Å². The number of carbonyl (C=O) groups excluding carboxylic acids is 2. The maximum absolute atomic E-state index is 13.6. The van der Waals surface area contributed by atoms with Crippen molar-refractivity contribution in [1.82, 2.24) is 14.9 Å². The molecule has 41 heavy (non-hydrogen) atoms. The van der Waals surface area contributed by atoms with E-state index >= 15 is 0 Å². The van der Waals surface area contributed by atoms with E-state index in [0.717, 1.165) is 69.4 Å². The third-order valence-electron chi connectivity index (χ3n) is 8.02. The highest BCUT2D eigenvalue weighted by molar-refractivity contribution is 6.08. The Balaban J connectivity index is 1.22. The van der Waals surface area contributed by atoms with Crippen molar-refractivity contribution in [3.8, 4) is 0 Å². The first-order chi connectivity index (χ1) is 19.8. The summed E-state index contributed by atoms with van der Waals surface area (Å²) in [6.07, 6.45) is -0.559. The van der Waals surface area contributed by atoms with E-state index in [1.165, 1.54) is 6.07 Å². The van der Waals surface area contributed by atoms with Gasteiger partial charge in [0.05, 0.1) is 11.3 Å². The Hall–Kier alpha value is -4.09. The van der Waals surface area contributed by atoms with E-state index in [1.54, 1.807) is 35.2 Å². The first-order valence-electron chi connectivity index (χ1n) is 14.1. The van der Waals surface area contributed by atoms with Crippen molar-refractivity contribution in [3.05, 3.63) is 48.0 Å². The quantitative estimate of drug-likeness (QED) is 0.492. The smallest absolute Gasteiger partial charge is 0.356 e. The molecular formula is C29H32F3N7O2. The molecule has 3 fully saturated rings. The molecule has 0 radical (unpaired) electrons. The second-order valence-corrected chi connectivity index (χ2v) is 10.7. The number of carbonyl (C=O) groups is 2. The Morgan fingerprint density at radius 2 is 1.24 bits per heavy atom. The van der Waals surface area contributed by atoms with Gasteiger partial charge in [-0.2, -0.15) is 23.1 Å². The van der Waals surface area contributed by atoms with Gasteiger partial charge in [0.25, 0.3) is 5.91 Å². The second-order valence-electron chi connectivity index (χ2n) is 10.7. The Labute approximate surface area is 235 Å². The number of nitrogens with one attached hydrogen (secondary N) is 1. The zero-order valence-corrected chi connectivity index (χ0v) is 22.7. The summed E-state index contributed by atoms with van der Waals surface area (Å²) in [5.41, 5.74) is -0.121. The normalized spacial score (nSPS) is 17.9. The molecule has 2 aromatic carbocycles. The van der Waals surface area contributed by atoms with E-state index in [0.29, 0.717) is 37.0 Å². The molecule has 0 atom stereocenters. The predicted octanol–water partition coefficient (Wildman–Crippen LogP) is 4.29. The van der Waals surface area contributed by atoms with E-state index in [1.807, 2.05) is 11.4 Å². The summed E-state index contributed by atoms with van der Waals surface area (Å²) in [4.78, 5) is 43.5. The van der Waals surface area contributed by atoms with Crippen LogP contribution in [0, 0.1) is 0 Å². The van der Waals surface area contributed by atoms with Gasteiger partial charge in [-0.25, -0.2) is 0 Å². The lowest BCUT2D eigenvalue weighted by molar-refractivity contribution is -0.167. The van der Waals surface area contributed by atoms with Crippen LogP contribution >= 0.6 is 0 Å². The van der Waals surface area contributed by atoms with E-state index in [2.05, 4.69) is 14.7 Å². The maximum Gasteiger partial charge on any atom is 0.471 e. The summed E-state index contributed by atoms with van der Waals surface area (Å²) < 4.78 is 39.2. The first kappa shape index (κ1) is 27.1. The van der Waals surface area contributed by atoms with Gasteiger partial charge in [-0.15, -0.1) is 0 Å². The summed E-state index contributed by atoms with van der Waals surface area (Å²) in [5, 5.41) is 3.24. The molecule has 0 bridgehead atoms. The van der Waals surface area contributed by atoms with Gasteiger partial charge in [-0.3, -0.25) is 9.59 Å². The monoisotopic (exact) mass is 567 g/mol. The van der Waals surface area contributed by atoms with Crippen molar-refractivity contribution in [3.63, 3.8) is 0 Å². The van der Waals surface area contributed by atoms with Crippen LogP contribution in [0.5, 0.6) is 0 Å². The maximum atomic E-state index is 13.6. The van der Waals surface area contributed by atoms with Gasteiger partial charge < -0.3 is 24.9 Å². The van der Waals surface area contributed by atoms with Crippen molar-refractivity contribution in [2.45, 2.75) is 31.9 Å². The average molecular weight is 568 g/mol. The standard InChI is InChI=1S/C29H32F3N7O2/c30-29(31,32)27(41)33-23-18-21-8-2-1-7-20(21)17-22(23)26(40)38-15-13-37(14-16-38)25-19-24(36-9-3-4-10-36)34-28(35-25)39-11-5-6-12-39/h1-2,7-8,17-19H,3-6,9-16H2,(H,33,41). The van der Waals surface area contributed by atoms with Gasteiger partial charge in [0.1, 0.15) is 11.6 Å². The molecule has 1 aromatic heterocycles. The molecule has 2 amide bonds. The van der Waals surface area contributed by atoms with Crippen LogP contribution in [0.3, 0.4) is 0 Å². The van der Waals surface area contributed by atoms with Crippen molar-refractivity contribution in [2.75, 3.05) is 72.4 Å². The summed E-state index contributed by atoms with van der Waals surface area (Å²) in [6.45, 7) is 5.56. The molecule has 3 aromatic rings. The summed E-state index contributed by atoms with van der Waals surface area (Å²) in [7, 11) is 0. The fourth-order valence-corrected chi connectivity index (χ4v) is 5.76. The second kappa shape index (κ2) is 11.1. The number of nitrogens with zero attached hydrogens (tertiary/aromatic N) is 6. The molecule has 0 spiro atoms. The van der Waals surface area contributed by atoms with Crippen molar-refractivity contribution >= 4 is 45.9 Å². The fourth-order valence-electron chi connectivity index (χ4n) is 5.76. The highest BCUT2D eigenvalue weighted by atomic mass is 19.4. The molecule has 3 aliphatic rings. The van der Waals surface area contributed by atoms with Gasteiger partial charge in [-0.05, 0) is 48.6 Å². The number of piperazine rings is 1. The molecule has 0 saturated carbocycles. The third kappa shape index (κ3) is 5.73. The minimum Gasteiger partial charge on any atom is -0.356 e. The van der Waals surface area contributed by atoms with Crippen LogP contribution in [-0.2, 0) is 4.79 Å². The van der Waals surface area contributed by atoms with Gasteiger partial charge in [0, 0.05) is 58.4 Å². The molecule has 9 nitrogen and oxygen atoms in total. The summed E-state index contributed by atoms with van der Waals surface area (Å²) >= 11 is 0. The number of fused-ring (bicyclic) bond motifs is 1. The fraction of sp³-hybridized carbons (Fsp3) is 0.448. The molecule has 3 aliphatic heterocycles. The number of amides is 2. The molecule has 0 unspecified atom stereocenters. The zero-order valence-electron chi connectivity index (χ0n) is 22.7. The molecule has 6 rings (SSSR count). The number of anilines is 4. The van der Waals surface area contributed by atoms with Gasteiger partial charge >= 0.3 is 12.1 Å². The van der Waals surface area contributed by atoms with Crippen LogP contribution in [0.25, 0.3) is 10.8 Å². The lowest BCUT2D eigenvalue weighted by Crippen LogP contribution is -2.49. The van der Waals surface area contributed by atoms with E-state index < -0.39 is 18.0 Å². The van der Waals surface area contributed by atoms with Crippen molar-refractivity contribution < 1.29 is 22.8 Å². The lowest BCUT2D eigenvalue weighted by Gasteiger charge is -2.36. The third-order valence-corrected chi connectivity index (χ3v) is 8.02. The highest BCUT2D eigenvalue weighted by Crippen LogP contribution is 2.30. The average Bonchev–Trinajstić information content (AvgIpc) is 3.71. The van der Waals surface area contributed by atoms with Crippen LogP contribution in [0.4, 0.5) is 36.4 Å². The predicted molar refractivity (Wildman–Crippen MR) is 152 cm³/mol. The Kier molecular flexibility index (Phi) is 7.31. The molecule has 1 N–H and O–H groups in total. The Morgan fingerprint density at radius 3 is 1.83 bits per heavy atom. The number of halogens is 3. The summed E-state index contributed by atoms with van der Waals surface area (Å²) in [6, 6.07) is 12.0. The number of aromatic nitrogens is 2. The lowest BCUT2D eigenvalue weighted by atomic mass is 10.0. The molecular weight excluding hydrogens is 535 g/mol. The molecule has 0 aliphatic carbocycles. The molecule has 12 heteroatoms. The van der Waals surface area contributed by atoms with Gasteiger partial charge in [-0.1, -0.05) is 24.3 Å². The van der Waals surface area contributed by atoms with Gasteiger partial charge in [0.15, 0.2) is 0 Å². The van der Waals surface area contributed by atoms with E-state index in [4.69, 9.17) is 9.97 Å². The number of hydrogen-bond donors (Lipinski definition) is 1. The zero-order chi connectivity index (χ0) is 28.6. The Morgan fingerprint density at radius 1 is 0.707 bits per heavy atom. The number of hydrogen-bond acceptors (Lipinski definition) is 7. The van der Waals surface area contributed by atoms with Crippen LogP contribution < -0.4 is 20.0 Å². The van der Waals surface area contributed by atoms with Crippen LogP contribution in [0.15, 0.2) is 42.5 Å². The van der Waals surface area contributed by atoms with Crippen LogP contribution in [-0.4, -0.2) is 85.2 Å². The molecule has 3 saturated heterocycles. The number of benzene rings is 2. The number of alkyl halides is 3. The minimum absolute atomic E-state index is 0.0319. The highest BCUT2D eigenvalue weighted by Gasteiger charge is 2.39. The summed E-state index contributed by atoms with van der Waals surface area (Å²) in [5.74, 6) is -0.0560. The molecule has 4 heterocycles. The van der Waals surface area contributed by atoms with E-state index in [9.17, 15) is 22.8 Å². The van der Waals surface area contributed by atoms with Crippen LogP contribution in [0.1, 0.15) is 36.0 Å². The van der Waals surface area contributed by atoms with Crippen molar-refractivity contribution in [1.29, 1.82) is 0 Å². The number of rotatable bonds is 5. The van der Waals surface area contributed by atoms with Gasteiger partial charge in [0.2, 0.25) is 5.95 Å². The Bertz CT molecular complexity index is 1410. The van der Waals surface area contributed by atoms with E-state index in [-0.39, 0.29) is 11.3 Å². The first-order valence-corrected chi connectivity index (χ1v) is 14.1. The molecule has 216 valence electrons. The minimum atomic E-state index is -5.07. The topological polar surface area (TPSA) is 84.9 Å². The largest absolute Gasteiger partial charge is 0.471 e. The van der Waals surface area contributed by atoms with Crippen molar-refractivity contribution in [2.24, 2.45) is 0 Å².